The minimum Gasteiger partial charge on any atom is -0.489 e. The van der Waals surface area contributed by atoms with Gasteiger partial charge in [0, 0.05) is 11.1 Å². The van der Waals surface area contributed by atoms with Crippen molar-refractivity contribution in [2.45, 2.75) is 27.4 Å². The predicted molar refractivity (Wildman–Crippen MR) is 112 cm³/mol. The minimum atomic E-state index is -1.44. The van der Waals surface area contributed by atoms with Crippen LogP contribution in [0.1, 0.15) is 42.3 Å². The van der Waals surface area contributed by atoms with Crippen LogP contribution in [0.3, 0.4) is 0 Å². The van der Waals surface area contributed by atoms with Crippen LogP contribution < -0.4 is 4.74 Å². The number of ether oxygens (including phenoxy) is 2. The van der Waals surface area contributed by atoms with Gasteiger partial charge >= 0.3 is 5.97 Å². The Morgan fingerprint density at radius 3 is 2.17 bits per heavy atom. The van der Waals surface area contributed by atoms with Crippen LogP contribution in [0.15, 0.2) is 53.7 Å². The van der Waals surface area contributed by atoms with Gasteiger partial charge in [-0.25, -0.2) is 0 Å². The fraction of sp³-hybridized carbons (Fsp3) is 0.304. The van der Waals surface area contributed by atoms with E-state index in [2.05, 4.69) is 5.16 Å². The lowest BCUT2D eigenvalue weighted by molar-refractivity contribution is -0.153. The molecule has 7 nitrogen and oxygen atoms in total. The van der Waals surface area contributed by atoms with Crippen molar-refractivity contribution in [3.63, 3.8) is 0 Å². The van der Waals surface area contributed by atoms with Crippen molar-refractivity contribution in [2.75, 3.05) is 14.2 Å². The zero-order valence-electron chi connectivity index (χ0n) is 17.7. The molecule has 7 heteroatoms. The Morgan fingerprint density at radius 2 is 1.60 bits per heavy atom. The molecule has 2 aromatic rings. The number of oxime groups is 1. The zero-order chi connectivity index (χ0) is 22.3. The molecule has 0 aliphatic carbocycles. The standard InChI is InChI=1S/C23H25NO6/c1-15(25)16-10-12-18(13-11-16)30-14-17-8-6-7-9-19(17)20(24-29-5)21(26)23(2,3)22(27)28-4/h6-13H,14H2,1-5H3. The van der Waals surface area contributed by atoms with Gasteiger partial charge < -0.3 is 14.3 Å². The van der Waals surface area contributed by atoms with E-state index in [4.69, 9.17) is 14.3 Å². The maximum Gasteiger partial charge on any atom is 0.319 e. The second kappa shape index (κ2) is 9.82. The smallest absolute Gasteiger partial charge is 0.319 e. The number of hydrogen-bond donors (Lipinski definition) is 0. The molecule has 2 rings (SSSR count). The van der Waals surface area contributed by atoms with E-state index in [1.165, 1.54) is 35.0 Å². The first kappa shape index (κ1) is 22.8. The quantitative estimate of drug-likeness (QED) is 0.206. The molecule has 0 amide bonds. The monoisotopic (exact) mass is 411 g/mol. The molecule has 0 unspecified atom stereocenters. The fourth-order valence-corrected chi connectivity index (χ4v) is 2.77. The molecule has 0 N–H and O–H groups in total. The van der Waals surface area contributed by atoms with Gasteiger partial charge in [-0.15, -0.1) is 0 Å². The van der Waals surface area contributed by atoms with Crippen LogP contribution in [0.2, 0.25) is 0 Å². The van der Waals surface area contributed by atoms with Crippen molar-refractivity contribution in [3.05, 3.63) is 65.2 Å². The van der Waals surface area contributed by atoms with Gasteiger partial charge in [0.25, 0.3) is 0 Å². The van der Waals surface area contributed by atoms with Crippen LogP contribution in [0, 0.1) is 5.41 Å². The van der Waals surface area contributed by atoms with Crippen molar-refractivity contribution in [1.82, 2.24) is 0 Å². The molecule has 0 spiro atoms. The lowest BCUT2D eigenvalue weighted by Crippen LogP contribution is -2.40. The van der Waals surface area contributed by atoms with Crippen molar-refractivity contribution in [2.24, 2.45) is 10.6 Å². The van der Waals surface area contributed by atoms with Gasteiger partial charge in [0.1, 0.15) is 24.9 Å². The van der Waals surface area contributed by atoms with Crippen molar-refractivity contribution < 1.29 is 28.7 Å². The third-order valence-corrected chi connectivity index (χ3v) is 4.59. The first-order valence-corrected chi connectivity index (χ1v) is 9.28. The maximum atomic E-state index is 13.1. The van der Waals surface area contributed by atoms with Crippen LogP contribution >= 0.6 is 0 Å². The second-order valence-electron chi connectivity index (χ2n) is 7.09. The Hall–Kier alpha value is -3.48. The highest BCUT2D eigenvalue weighted by molar-refractivity contribution is 6.50. The Kier molecular flexibility index (Phi) is 7.47. The molecule has 0 aliphatic rings. The third kappa shape index (κ3) is 5.11. The molecule has 0 radical (unpaired) electrons. The van der Waals surface area contributed by atoms with Gasteiger partial charge in [-0.3, -0.25) is 14.4 Å². The third-order valence-electron chi connectivity index (χ3n) is 4.59. The summed E-state index contributed by atoms with van der Waals surface area (Å²) in [4.78, 5) is 41.5. The first-order chi connectivity index (χ1) is 14.2. The minimum absolute atomic E-state index is 0.000900. The topological polar surface area (TPSA) is 91.3 Å². The van der Waals surface area contributed by atoms with Gasteiger partial charge in [-0.1, -0.05) is 29.4 Å². The Labute approximate surface area is 175 Å². The highest BCUT2D eigenvalue weighted by atomic mass is 16.6. The average molecular weight is 411 g/mol. The van der Waals surface area contributed by atoms with Gasteiger partial charge in [-0.05, 0) is 50.6 Å². The normalized spacial score (nSPS) is 11.6. The van der Waals surface area contributed by atoms with Crippen LogP contribution in [-0.4, -0.2) is 37.5 Å². The molecular formula is C23H25NO6. The molecule has 0 aliphatic heterocycles. The van der Waals surface area contributed by atoms with E-state index in [9.17, 15) is 14.4 Å². The van der Waals surface area contributed by atoms with E-state index >= 15 is 0 Å². The van der Waals surface area contributed by atoms with E-state index in [0.29, 0.717) is 22.4 Å². The highest BCUT2D eigenvalue weighted by Crippen LogP contribution is 2.24. The summed E-state index contributed by atoms with van der Waals surface area (Å²) in [5.41, 5.74) is 0.314. The number of esters is 1. The van der Waals surface area contributed by atoms with E-state index in [-0.39, 0.29) is 18.1 Å². The molecule has 158 valence electrons. The van der Waals surface area contributed by atoms with E-state index < -0.39 is 17.2 Å². The summed E-state index contributed by atoms with van der Waals surface area (Å²) in [5.74, 6) is -0.662. The van der Waals surface area contributed by atoms with Gasteiger partial charge in [0.05, 0.1) is 7.11 Å². The number of rotatable bonds is 9. The summed E-state index contributed by atoms with van der Waals surface area (Å²) in [7, 11) is 2.55. The van der Waals surface area contributed by atoms with Crippen molar-refractivity contribution in [3.8, 4) is 5.75 Å². The maximum absolute atomic E-state index is 13.1. The Bertz CT molecular complexity index is 960. The molecule has 0 bridgehead atoms. The summed E-state index contributed by atoms with van der Waals surface area (Å²) in [6.07, 6.45) is 0. The van der Waals surface area contributed by atoms with Gasteiger partial charge in [-0.2, -0.15) is 0 Å². The number of benzene rings is 2. The SMILES string of the molecule is CON=C(C(=O)C(C)(C)C(=O)OC)c1ccccc1COc1ccc(C(C)=O)cc1. The summed E-state index contributed by atoms with van der Waals surface area (Å²) >= 11 is 0. The molecule has 0 aromatic heterocycles. The second-order valence-corrected chi connectivity index (χ2v) is 7.09. The summed E-state index contributed by atoms with van der Waals surface area (Å²) in [5, 5.41) is 3.89. The average Bonchev–Trinajstić information content (AvgIpc) is 2.75. The summed E-state index contributed by atoms with van der Waals surface area (Å²) in [6, 6.07) is 13.8. The van der Waals surface area contributed by atoms with E-state index in [1.54, 1.807) is 48.5 Å². The van der Waals surface area contributed by atoms with Gasteiger partial charge in [0.2, 0.25) is 5.78 Å². The van der Waals surface area contributed by atoms with Crippen LogP contribution in [0.25, 0.3) is 0 Å². The first-order valence-electron chi connectivity index (χ1n) is 9.28. The Balaban J connectivity index is 2.32. The zero-order valence-corrected chi connectivity index (χ0v) is 17.7. The highest BCUT2D eigenvalue weighted by Gasteiger charge is 2.41. The number of methoxy groups -OCH3 is 1. The lowest BCUT2D eigenvalue weighted by Gasteiger charge is -2.21. The van der Waals surface area contributed by atoms with Crippen LogP contribution in [0.4, 0.5) is 0 Å². The number of Topliss-reactive ketones (excluding diaryl/α,β-unsaturated/α-hetero) is 2. The van der Waals surface area contributed by atoms with Crippen LogP contribution in [-0.2, 0) is 25.8 Å². The number of carbonyl (C=O) groups is 3. The molecule has 0 saturated carbocycles. The summed E-state index contributed by atoms with van der Waals surface area (Å²) < 4.78 is 10.6. The van der Waals surface area contributed by atoms with E-state index in [1.807, 2.05) is 0 Å². The molecule has 0 heterocycles. The number of nitrogens with zero attached hydrogens (tertiary/aromatic N) is 1. The van der Waals surface area contributed by atoms with Crippen molar-refractivity contribution in [1.29, 1.82) is 0 Å². The fourth-order valence-electron chi connectivity index (χ4n) is 2.77. The number of hydrogen-bond acceptors (Lipinski definition) is 7. The molecule has 0 fully saturated rings. The van der Waals surface area contributed by atoms with Crippen molar-refractivity contribution >= 4 is 23.2 Å². The Morgan fingerprint density at radius 1 is 0.967 bits per heavy atom. The molecule has 0 saturated heterocycles. The number of ketones is 2. The van der Waals surface area contributed by atoms with Crippen LogP contribution in [0.5, 0.6) is 5.75 Å². The predicted octanol–water partition coefficient (Wildman–Crippen LogP) is 3.59. The molecular weight excluding hydrogens is 386 g/mol. The lowest BCUT2D eigenvalue weighted by atomic mass is 9.83. The molecule has 0 atom stereocenters. The number of carbonyl (C=O) groups excluding carboxylic acids is 3. The largest absolute Gasteiger partial charge is 0.489 e. The summed E-state index contributed by atoms with van der Waals surface area (Å²) in [6.45, 7) is 4.59. The molecule has 30 heavy (non-hydrogen) atoms. The van der Waals surface area contributed by atoms with Gasteiger partial charge in [0.15, 0.2) is 11.5 Å². The van der Waals surface area contributed by atoms with E-state index in [0.717, 1.165) is 0 Å². The molecule has 2 aromatic carbocycles.